The van der Waals surface area contributed by atoms with E-state index in [2.05, 4.69) is 15.3 Å². The van der Waals surface area contributed by atoms with Crippen molar-refractivity contribution in [2.75, 3.05) is 18.9 Å². The molecule has 29 heavy (non-hydrogen) atoms. The van der Waals surface area contributed by atoms with E-state index in [-0.39, 0.29) is 18.3 Å². The molecule has 8 heteroatoms. The third kappa shape index (κ3) is 4.78. The zero-order chi connectivity index (χ0) is 20.1. The smallest absolute Gasteiger partial charge is 0.316 e. The summed E-state index contributed by atoms with van der Waals surface area (Å²) in [5.41, 5.74) is 3.60. The molecule has 2 N–H and O–H groups in total. The van der Waals surface area contributed by atoms with E-state index in [0.717, 1.165) is 33.7 Å². The molecule has 0 unspecified atom stereocenters. The maximum atomic E-state index is 11.9. The van der Waals surface area contributed by atoms with Gasteiger partial charge in [0.15, 0.2) is 12.2 Å². The highest BCUT2D eigenvalue weighted by atomic mass is 32.2. The molecule has 0 fully saturated rings. The highest BCUT2D eigenvalue weighted by molar-refractivity contribution is 7.99. The number of hydrogen-bond acceptors (Lipinski definition) is 6. The second kappa shape index (κ2) is 8.83. The molecule has 0 saturated carbocycles. The molecule has 4 rings (SSSR count). The van der Waals surface area contributed by atoms with E-state index in [1.807, 2.05) is 54.7 Å². The number of hydrogen-bond donors (Lipinski definition) is 2. The molecule has 2 aromatic carbocycles. The van der Waals surface area contributed by atoms with Crippen LogP contribution in [0.3, 0.4) is 0 Å². The van der Waals surface area contributed by atoms with Crippen LogP contribution in [0, 0.1) is 0 Å². The number of para-hydroxylation sites is 3. The third-order valence-corrected chi connectivity index (χ3v) is 5.15. The first-order valence-electron chi connectivity index (χ1n) is 9.15. The molecule has 0 radical (unpaired) electrons. The number of carbonyl (C=O) groups is 2. The van der Waals surface area contributed by atoms with E-state index in [4.69, 9.17) is 9.15 Å². The lowest BCUT2D eigenvalue weighted by atomic mass is 10.1. The summed E-state index contributed by atoms with van der Waals surface area (Å²) in [6, 6.07) is 15.4. The Morgan fingerprint density at radius 3 is 2.86 bits per heavy atom. The molecule has 0 bridgehead atoms. The molecule has 148 valence electrons. The van der Waals surface area contributed by atoms with E-state index in [0.29, 0.717) is 23.8 Å². The largest absolute Gasteiger partial charge is 0.455 e. The number of nitrogens with one attached hydrogen (secondary N) is 2. The summed E-state index contributed by atoms with van der Waals surface area (Å²) in [5.74, 6) is -0.802. The molecule has 2 heterocycles. The van der Waals surface area contributed by atoms with Gasteiger partial charge in [0, 0.05) is 23.6 Å². The van der Waals surface area contributed by atoms with Crippen LogP contribution < -0.4 is 5.32 Å². The predicted octanol–water partition coefficient (Wildman–Crippen LogP) is 3.30. The van der Waals surface area contributed by atoms with E-state index in [1.54, 1.807) is 0 Å². The minimum atomic E-state index is -0.496. The number of rotatable bonds is 8. The Bertz CT molecular complexity index is 1120. The fraction of sp³-hybridized carbons (Fsp3) is 0.190. The number of aromatic nitrogens is 2. The van der Waals surface area contributed by atoms with Crippen LogP contribution in [0.15, 0.2) is 64.4 Å². The van der Waals surface area contributed by atoms with E-state index < -0.39 is 5.97 Å². The Hall–Kier alpha value is -3.26. The van der Waals surface area contributed by atoms with Crippen molar-refractivity contribution < 1.29 is 18.7 Å². The van der Waals surface area contributed by atoms with Crippen LogP contribution in [-0.4, -0.2) is 40.7 Å². The minimum Gasteiger partial charge on any atom is -0.455 e. The molecular formula is C21H19N3O4S. The van der Waals surface area contributed by atoms with Crippen LogP contribution in [0.25, 0.3) is 22.0 Å². The monoisotopic (exact) mass is 409 g/mol. The van der Waals surface area contributed by atoms with Crippen molar-refractivity contribution in [2.45, 2.75) is 11.6 Å². The van der Waals surface area contributed by atoms with Gasteiger partial charge in [-0.25, -0.2) is 4.98 Å². The third-order valence-electron chi connectivity index (χ3n) is 4.34. The van der Waals surface area contributed by atoms with Crippen LogP contribution in [-0.2, 0) is 20.7 Å². The highest BCUT2D eigenvalue weighted by Crippen LogP contribution is 2.23. The maximum Gasteiger partial charge on any atom is 0.316 e. The molecule has 2 aromatic heterocycles. The second-order valence-corrected chi connectivity index (χ2v) is 7.28. The molecule has 0 spiro atoms. The Balaban J connectivity index is 1.16. The van der Waals surface area contributed by atoms with Crippen LogP contribution in [0.2, 0.25) is 0 Å². The van der Waals surface area contributed by atoms with Crippen molar-refractivity contribution in [3.05, 3.63) is 60.3 Å². The van der Waals surface area contributed by atoms with Crippen molar-refractivity contribution >= 4 is 45.6 Å². The lowest BCUT2D eigenvalue weighted by Gasteiger charge is -2.06. The second-order valence-electron chi connectivity index (χ2n) is 6.36. The Labute approximate surface area is 170 Å². The summed E-state index contributed by atoms with van der Waals surface area (Å²) < 4.78 is 10.5. The average molecular weight is 409 g/mol. The highest BCUT2D eigenvalue weighted by Gasteiger charge is 2.12. The SMILES string of the molecule is O=C(COC(=O)CSc1nc2ccccc2o1)NCCc1c[nH]c2ccccc12. The lowest BCUT2D eigenvalue weighted by molar-refractivity contribution is -0.145. The zero-order valence-corrected chi connectivity index (χ0v) is 16.3. The molecule has 4 aromatic rings. The summed E-state index contributed by atoms with van der Waals surface area (Å²) in [5, 5.41) is 4.30. The van der Waals surface area contributed by atoms with Crippen LogP contribution in [0.5, 0.6) is 0 Å². The average Bonchev–Trinajstić information content (AvgIpc) is 3.34. The number of thioether (sulfide) groups is 1. The molecule has 0 atom stereocenters. The molecule has 0 aliphatic rings. The van der Waals surface area contributed by atoms with E-state index in [9.17, 15) is 9.59 Å². The van der Waals surface area contributed by atoms with Gasteiger partial charge in [0.2, 0.25) is 0 Å². The standard InChI is InChI=1S/C21H19N3O4S/c25-19(22-10-9-14-11-23-16-6-2-1-5-15(14)16)12-27-20(26)13-29-21-24-17-7-3-4-8-18(17)28-21/h1-8,11,23H,9-10,12-13H2,(H,22,25). The Morgan fingerprint density at radius 1 is 1.14 bits per heavy atom. The molecule has 0 saturated heterocycles. The predicted molar refractivity (Wildman–Crippen MR) is 111 cm³/mol. The minimum absolute atomic E-state index is 0.0233. The van der Waals surface area contributed by atoms with Gasteiger partial charge in [0.1, 0.15) is 11.3 Å². The number of aromatic amines is 1. The molecular weight excluding hydrogens is 390 g/mol. The van der Waals surface area contributed by atoms with Crippen molar-refractivity contribution in [1.29, 1.82) is 0 Å². The molecule has 1 amide bonds. The van der Waals surface area contributed by atoms with Gasteiger partial charge in [-0.15, -0.1) is 0 Å². The summed E-state index contributed by atoms with van der Waals surface area (Å²) in [4.78, 5) is 31.2. The summed E-state index contributed by atoms with van der Waals surface area (Å²) >= 11 is 1.14. The van der Waals surface area contributed by atoms with Crippen molar-refractivity contribution in [3.8, 4) is 0 Å². The molecule has 7 nitrogen and oxygen atoms in total. The Morgan fingerprint density at radius 2 is 1.97 bits per heavy atom. The molecule has 0 aliphatic carbocycles. The summed E-state index contributed by atoms with van der Waals surface area (Å²) in [7, 11) is 0. The fourth-order valence-electron chi connectivity index (χ4n) is 2.95. The van der Waals surface area contributed by atoms with Crippen molar-refractivity contribution in [1.82, 2.24) is 15.3 Å². The zero-order valence-electron chi connectivity index (χ0n) is 15.5. The number of fused-ring (bicyclic) bond motifs is 2. The number of carbonyl (C=O) groups excluding carboxylic acids is 2. The van der Waals surface area contributed by atoms with Gasteiger partial charge in [-0.3, -0.25) is 9.59 Å². The van der Waals surface area contributed by atoms with Gasteiger partial charge in [-0.2, -0.15) is 0 Å². The number of nitrogens with zero attached hydrogens (tertiary/aromatic N) is 1. The van der Waals surface area contributed by atoms with Crippen LogP contribution >= 0.6 is 11.8 Å². The topological polar surface area (TPSA) is 97.2 Å². The molecule has 0 aliphatic heterocycles. The van der Waals surface area contributed by atoms with E-state index in [1.165, 1.54) is 0 Å². The number of oxazole rings is 1. The Kier molecular flexibility index (Phi) is 5.81. The quantitative estimate of drug-likeness (QED) is 0.342. The van der Waals surface area contributed by atoms with Gasteiger partial charge in [-0.1, -0.05) is 42.1 Å². The fourth-order valence-corrected chi connectivity index (χ4v) is 3.58. The number of amides is 1. The number of esters is 1. The van der Waals surface area contributed by atoms with Gasteiger partial charge in [0.05, 0.1) is 0 Å². The van der Waals surface area contributed by atoms with Crippen LogP contribution in [0.4, 0.5) is 0 Å². The number of ether oxygens (including phenoxy) is 1. The number of benzene rings is 2. The van der Waals surface area contributed by atoms with Crippen LogP contribution in [0.1, 0.15) is 5.56 Å². The van der Waals surface area contributed by atoms with Crippen molar-refractivity contribution in [3.63, 3.8) is 0 Å². The maximum absolute atomic E-state index is 11.9. The van der Waals surface area contributed by atoms with E-state index >= 15 is 0 Å². The van der Waals surface area contributed by atoms with Gasteiger partial charge in [0.25, 0.3) is 11.1 Å². The number of H-pyrrole nitrogens is 1. The first-order valence-corrected chi connectivity index (χ1v) is 10.1. The first-order chi connectivity index (χ1) is 14.2. The first kappa shape index (κ1) is 19.1. The van der Waals surface area contributed by atoms with Gasteiger partial charge in [-0.05, 0) is 30.2 Å². The lowest BCUT2D eigenvalue weighted by Crippen LogP contribution is -2.30. The van der Waals surface area contributed by atoms with Gasteiger partial charge >= 0.3 is 5.97 Å². The summed E-state index contributed by atoms with van der Waals surface area (Å²) in [6.07, 6.45) is 2.64. The normalized spacial score (nSPS) is 11.0. The summed E-state index contributed by atoms with van der Waals surface area (Å²) in [6.45, 7) is 0.163. The van der Waals surface area contributed by atoms with Gasteiger partial charge < -0.3 is 19.5 Å². The van der Waals surface area contributed by atoms with Crippen molar-refractivity contribution in [2.24, 2.45) is 0 Å².